The van der Waals surface area contributed by atoms with E-state index in [9.17, 15) is 0 Å². The number of aromatic nitrogens is 4. The molecule has 5 nitrogen and oxygen atoms in total. The van der Waals surface area contributed by atoms with Crippen molar-refractivity contribution in [3.8, 4) is 5.69 Å². The zero-order valence-corrected chi connectivity index (χ0v) is 14.3. The van der Waals surface area contributed by atoms with Gasteiger partial charge in [-0.1, -0.05) is 20.8 Å². The van der Waals surface area contributed by atoms with Gasteiger partial charge in [0.2, 0.25) is 0 Å². The molecule has 0 atom stereocenters. The van der Waals surface area contributed by atoms with Gasteiger partial charge in [-0.25, -0.2) is 14.6 Å². The van der Waals surface area contributed by atoms with Crippen LogP contribution in [0.15, 0.2) is 18.6 Å². The maximum atomic E-state index is 4.69. The smallest absolute Gasteiger partial charge is 0.131 e. The van der Waals surface area contributed by atoms with Gasteiger partial charge in [0.05, 0.1) is 21.7 Å². The highest BCUT2D eigenvalue weighted by molar-refractivity contribution is 14.1. The third-order valence-electron chi connectivity index (χ3n) is 2.90. The van der Waals surface area contributed by atoms with Crippen molar-refractivity contribution in [2.45, 2.75) is 39.7 Å². The van der Waals surface area contributed by atoms with Crippen molar-refractivity contribution < 1.29 is 0 Å². The summed E-state index contributed by atoms with van der Waals surface area (Å²) < 4.78 is 2.94. The second-order valence-electron chi connectivity index (χ2n) is 4.99. The summed E-state index contributed by atoms with van der Waals surface area (Å²) in [7, 11) is 0. The molecule has 108 valence electrons. The molecule has 0 saturated heterocycles. The fourth-order valence-electron chi connectivity index (χ4n) is 1.84. The molecule has 20 heavy (non-hydrogen) atoms. The van der Waals surface area contributed by atoms with Crippen LogP contribution in [0.4, 0.5) is 0 Å². The van der Waals surface area contributed by atoms with Gasteiger partial charge in [-0.05, 0) is 35.6 Å². The molecule has 0 radical (unpaired) electrons. The van der Waals surface area contributed by atoms with Crippen molar-refractivity contribution in [1.82, 2.24) is 25.1 Å². The van der Waals surface area contributed by atoms with Gasteiger partial charge >= 0.3 is 0 Å². The summed E-state index contributed by atoms with van der Waals surface area (Å²) in [6.07, 6.45) is 6.79. The summed E-state index contributed by atoms with van der Waals surface area (Å²) >= 11 is 2.25. The van der Waals surface area contributed by atoms with Crippen LogP contribution in [0.25, 0.3) is 5.69 Å². The van der Waals surface area contributed by atoms with Gasteiger partial charge in [0, 0.05) is 18.7 Å². The average Bonchev–Trinajstić information content (AvgIpc) is 2.85. The lowest BCUT2D eigenvalue weighted by molar-refractivity contribution is 0.644. The van der Waals surface area contributed by atoms with Crippen LogP contribution < -0.4 is 5.32 Å². The first-order valence-corrected chi connectivity index (χ1v) is 7.96. The Morgan fingerprint density at radius 2 is 2.15 bits per heavy atom. The normalized spacial score (nSPS) is 11.2. The summed E-state index contributed by atoms with van der Waals surface area (Å²) in [6.45, 7) is 8.09. The average molecular weight is 385 g/mol. The molecule has 0 aliphatic rings. The summed E-state index contributed by atoms with van der Waals surface area (Å²) in [6, 6.07) is 0. The molecule has 6 heteroatoms. The Labute approximate surface area is 133 Å². The maximum Gasteiger partial charge on any atom is 0.131 e. The van der Waals surface area contributed by atoms with E-state index in [-0.39, 0.29) is 0 Å². The molecule has 0 saturated carbocycles. The fourth-order valence-corrected chi connectivity index (χ4v) is 2.23. The quantitative estimate of drug-likeness (QED) is 0.614. The van der Waals surface area contributed by atoms with Gasteiger partial charge < -0.3 is 5.32 Å². The highest BCUT2D eigenvalue weighted by Crippen LogP contribution is 2.16. The van der Waals surface area contributed by atoms with Gasteiger partial charge in [-0.3, -0.25) is 0 Å². The predicted octanol–water partition coefficient (Wildman–Crippen LogP) is 2.89. The van der Waals surface area contributed by atoms with Crippen LogP contribution >= 0.6 is 22.6 Å². The van der Waals surface area contributed by atoms with E-state index in [1.807, 2.05) is 23.3 Å². The van der Waals surface area contributed by atoms with E-state index in [1.54, 1.807) is 0 Å². The highest BCUT2D eigenvalue weighted by atomic mass is 127. The van der Waals surface area contributed by atoms with Crippen LogP contribution in [0.2, 0.25) is 0 Å². The molecule has 2 aromatic rings. The molecular weight excluding hydrogens is 365 g/mol. The van der Waals surface area contributed by atoms with E-state index in [0.717, 1.165) is 40.3 Å². The molecule has 0 spiro atoms. The molecule has 0 fully saturated rings. The lowest BCUT2D eigenvalue weighted by atomic mass is 10.2. The maximum absolute atomic E-state index is 4.69. The lowest BCUT2D eigenvalue weighted by Crippen LogP contribution is -2.18. The summed E-state index contributed by atoms with van der Waals surface area (Å²) in [4.78, 5) is 9.14. The summed E-state index contributed by atoms with van der Waals surface area (Å²) in [5.74, 6) is 1.20. The largest absolute Gasteiger partial charge is 0.311 e. The highest BCUT2D eigenvalue weighted by Gasteiger charge is 2.11. The zero-order valence-electron chi connectivity index (χ0n) is 12.1. The minimum Gasteiger partial charge on any atom is -0.311 e. The first-order valence-electron chi connectivity index (χ1n) is 6.89. The predicted molar refractivity (Wildman–Crippen MR) is 88.0 cm³/mol. The Balaban J connectivity index is 2.33. The number of rotatable bonds is 6. The fraction of sp³-hybridized carbons (Fsp3) is 0.500. The number of halogens is 1. The Hall–Kier alpha value is -1.02. The number of nitrogens with one attached hydrogen (secondary N) is 1. The van der Waals surface area contributed by atoms with E-state index < -0.39 is 0 Å². The molecule has 0 aromatic carbocycles. The Morgan fingerprint density at radius 1 is 1.35 bits per heavy atom. The van der Waals surface area contributed by atoms with E-state index in [0.29, 0.717) is 5.92 Å². The second-order valence-corrected chi connectivity index (χ2v) is 6.24. The van der Waals surface area contributed by atoms with Gasteiger partial charge in [0.1, 0.15) is 11.5 Å². The molecule has 0 aliphatic carbocycles. The molecular formula is C14H20IN5. The van der Waals surface area contributed by atoms with Crippen molar-refractivity contribution in [3.05, 3.63) is 33.7 Å². The Bertz CT molecular complexity index is 564. The van der Waals surface area contributed by atoms with Crippen LogP contribution in [0.1, 0.15) is 44.6 Å². The first-order chi connectivity index (χ1) is 9.61. The summed E-state index contributed by atoms with van der Waals surface area (Å²) in [5, 5.41) is 7.75. The Kier molecular flexibility index (Phi) is 5.47. The standard InChI is InChI=1S/C14H20IN5/c1-4-5-16-7-12-13(20-9-11(15)6-18-20)8-17-14(19-12)10(2)3/h6,8-10,16H,4-5,7H2,1-3H3. The molecule has 1 N–H and O–H groups in total. The molecule has 2 aromatic heterocycles. The van der Waals surface area contributed by atoms with Gasteiger partial charge in [-0.2, -0.15) is 5.10 Å². The third kappa shape index (κ3) is 3.76. The summed E-state index contributed by atoms with van der Waals surface area (Å²) in [5.41, 5.74) is 1.94. The zero-order chi connectivity index (χ0) is 14.5. The van der Waals surface area contributed by atoms with E-state index >= 15 is 0 Å². The monoisotopic (exact) mass is 385 g/mol. The second kappa shape index (κ2) is 7.12. The van der Waals surface area contributed by atoms with Crippen molar-refractivity contribution in [2.24, 2.45) is 0 Å². The van der Waals surface area contributed by atoms with E-state index in [1.165, 1.54) is 0 Å². The number of nitrogens with zero attached hydrogens (tertiary/aromatic N) is 4. The Morgan fingerprint density at radius 3 is 2.75 bits per heavy atom. The molecule has 2 rings (SSSR count). The van der Waals surface area contributed by atoms with Crippen LogP contribution in [0, 0.1) is 3.57 Å². The molecule has 0 aliphatic heterocycles. The number of hydrogen-bond donors (Lipinski definition) is 1. The lowest BCUT2D eigenvalue weighted by Gasteiger charge is -2.12. The minimum absolute atomic E-state index is 0.326. The number of hydrogen-bond acceptors (Lipinski definition) is 4. The van der Waals surface area contributed by atoms with Crippen LogP contribution in [-0.2, 0) is 6.54 Å². The topological polar surface area (TPSA) is 55.6 Å². The van der Waals surface area contributed by atoms with Crippen molar-refractivity contribution in [2.75, 3.05) is 6.54 Å². The first kappa shape index (κ1) is 15.4. The van der Waals surface area contributed by atoms with E-state index in [2.05, 4.69) is 58.8 Å². The third-order valence-corrected chi connectivity index (χ3v) is 3.45. The van der Waals surface area contributed by atoms with Gasteiger partial charge in [0.25, 0.3) is 0 Å². The molecule has 0 unspecified atom stereocenters. The van der Waals surface area contributed by atoms with Crippen LogP contribution in [0.5, 0.6) is 0 Å². The van der Waals surface area contributed by atoms with Gasteiger partial charge in [-0.15, -0.1) is 0 Å². The molecule has 0 bridgehead atoms. The minimum atomic E-state index is 0.326. The van der Waals surface area contributed by atoms with Crippen molar-refractivity contribution in [1.29, 1.82) is 0 Å². The van der Waals surface area contributed by atoms with Crippen molar-refractivity contribution in [3.63, 3.8) is 0 Å². The van der Waals surface area contributed by atoms with Gasteiger partial charge in [0.15, 0.2) is 0 Å². The molecule has 0 amide bonds. The molecule has 2 heterocycles. The van der Waals surface area contributed by atoms with E-state index in [4.69, 9.17) is 4.98 Å². The van der Waals surface area contributed by atoms with Crippen molar-refractivity contribution >= 4 is 22.6 Å². The van der Waals surface area contributed by atoms with Crippen LogP contribution in [-0.4, -0.2) is 26.3 Å². The SMILES string of the molecule is CCCNCc1nc(C(C)C)ncc1-n1cc(I)cn1. The van der Waals surface area contributed by atoms with Crippen LogP contribution in [0.3, 0.4) is 0 Å².